The Balaban J connectivity index is 2.77. The van der Waals surface area contributed by atoms with E-state index >= 15 is 0 Å². The summed E-state index contributed by atoms with van der Waals surface area (Å²) in [5.41, 5.74) is 0.547. The van der Waals surface area contributed by atoms with Gasteiger partial charge in [-0.25, -0.2) is 0 Å². The van der Waals surface area contributed by atoms with E-state index in [4.69, 9.17) is 4.74 Å². The van der Waals surface area contributed by atoms with E-state index in [1.165, 1.54) is 12.8 Å². The van der Waals surface area contributed by atoms with Crippen LogP contribution in [-0.4, -0.2) is 31.0 Å². The lowest BCUT2D eigenvalue weighted by Gasteiger charge is -2.35. The molecule has 0 saturated carbocycles. The Labute approximate surface area is 129 Å². The first-order valence-electron chi connectivity index (χ1n) is 8.06. The van der Waals surface area contributed by atoms with E-state index in [1.807, 2.05) is 30.3 Å². The first kappa shape index (κ1) is 18.1. The van der Waals surface area contributed by atoms with Gasteiger partial charge in [0.1, 0.15) is 0 Å². The second-order valence-corrected chi connectivity index (χ2v) is 6.31. The molecule has 0 aliphatic rings. The summed E-state index contributed by atoms with van der Waals surface area (Å²) in [5, 5.41) is 13.5. The standard InChI is InChI=1S/C18H31NO2/c1-5-9-16(4)12-21-14-18(13-20,19-15(2)3)17-10-7-6-8-11-17/h6-8,10-11,15-16,19-20H,5,9,12-14H2,1-4H3. The monoisotopic (exact) mass is 293 g/mol. The maximum atomic E-state index is 10.0. The summed E-state index contributed by atoms with van der Waals surface area (Å²) in [6.45, 7) is 9.83. The number of aliphatic hydroxyl groups excluding tert-OH is 1. The second kappa shape index (κ2) is 9.19. The molecule has 120 valence electrons. The minimum Gasteiger partial charge on any atom is -0.394 e. The molecule has 0 aromatic heterocycles. The van der Waals surface area contributed by atoms with Crippen LogP contribution in [0.5, 0.6) is 0 Å². The van der Waals surface area contributed by atoms with E-state index in [1.54, 1.807) is 0 Å². The van der Waals surface area contributed by atoms with E-state index in [-0.39, 0.29) is 12.6 Å². The fourth-order valence-electron chi connectivity index (χ4n) is 2.71. The molecule has 3 heteroatoms. The number of hydrogen-bond acceptors (Lipinski definition) is 3. The molecule has 0 spiro atoms. The summed E-state index contributed by atoms with van der Waals surface area (Å²) in [6.07, 6.45) is 2.35. The van der Waals surface area contributed by atoms with Crippen LogP contribution in [0.4, 0.5) is 0 Å². The predicted molar refractivity (Wildman–Crippen MR) is 88.4 cm³/mol. The van der Waals surface area contributed by atoms with Crippen molar-refractivity contribution in [3.05, 3.63) is 35.9 Å². The lowest BCUT2D eigenvalue weighted by atomic mass is 9.90. The van der Waals surface area contributed by atoms with E-state index < -0.39 is 5.54 Å². The molecule has 2 unspecified atom stereocenters. The van der Waals surface area contributed by atoms with Gasteiger partial charge in [0.2, 0.25) is 0 Å². The summed E-state index contributed by atoms with van der Waals surface area (Å²) < 4.78 is 5.94. The van der Waals surface area contributed by atoms with Gasteiger partial charge in [0, 0.05) is 12.6 Å². The lowest BCUT2D eigenvalue weighted by Crippen LogP contribution is -2.52. The number of aliphatic hydroxyl groups is 1. The Kier molecular flexibility index (Phi) is 7.94. The van der Waals surface area contributed by atoms with Gasteiger partial charge in [-0.2, -0.15) is 0 Å². The average molecular weight is 293 g/mol. The number of benzene rings is 1. The van der Waals surface area contributed by atoms with Gasteiger partial charge >= 0.3 is 0 Å². The van der Waals surface area contributed by atoms with Crippen LogP contribution in [0.2, 0.25) is 0 Å². The first-order chi connectivity index (χ1) is 10.0. The van der Waals surface area contributed by atoms with E-state index in [0.29, 0.717) is 12.5 Å². The third-order valence-corrected chi connectivity index (χ3v) is 3.69. The minimum absolute atomic E-state index is 0.0252. The van der Waals surface area contributed by atoms with Crippen molar-refractivity contribution in [2.45, 2.75) is 52.1 Å². The fraction of sp³-hybridized carbons (Fsp3) is 0.667. The highest BCUT2D eigenvalue weighted by Crippen LogP contribution is 2.22. The van der Waals surface area contributed by atoms with Gasteiger partial charge in [0.05, 0.1) is 18.8 Å². The Morgan fingerprint density at radius 2 is 1.86 bits per heavy atom. The summed E-state index contributed by atoms with van der Waals surface area (Å²) in [7, 11) is 0. The molecule has 0 aliphatic heterocycles. The van der Waals surface area contributed by atoms with Crippen molar-refractivity contribution in [3.63, 3.8) is 0 Å². The molecular weight excluding hydrogens is 262 g/mol. The van der Waals surface area contributed by atoms with Crippen LogP contribution >= 0.6 is 0 Å². The summed E-state index contributed by atoms with van der Waals surface area (Å²) in [6, 6.07) is 10.4. The largest absolute Gasteiger partial charge is 0.394 e. The van der Waals surface area contributed by atoms with Crippen LogP contribution in [-0.2, 0) is 10.3 Å². The van der Waals surface area contributed by atoms with Crippen LogP contribution in [0.3, 0.4) is 0 Å². The van der Waals surface area contributed by atoms with Crippen molar-refractivity contribution < 1.29 is 9.84 Å². The Bertz CT molecular complexity index is 380. The van der Waals surface area contributed by atoms with Crippen LogP contribution in [0.1, 0.15) is 46.1 Å². The third kappa shape index (κ3) is 5.77. The van der Waals surface area contributed by atoms with E-state index in [2.05, 4.69) is 33.0 Å². The number of nitrogens with one attached hydrogen (secondary N) is 1. The van der Waals surface area contributed by atoms with Gasteiger partial charge in [-0.1, -0.05) is 50.6 Å². The zero-order chi connectivity index (χ0) is 15.7. The fourth-order valence-corrected chi connectivity index (χ4v) is 2.71. The maximum absolute atomic E-state index is 10.0. The topological polar surface area (TPSA) is 41.5 Å². The number of ether oxygens (including phenoxy) is 1. The van der Waals surface area contributed by atoms with Gasteiger partial charge in [0.15, 0.2) is 0 Å². The van der Waals surface area contributed by atoms with Crippen LogP contribution < -0.4 is 5.32 Å². The van der Waals surface area contributed by atoms with Crippen LogP contribution in [0, 0.1) is 5.92 Å². The van der Waals surface area contributed by atoms with Crippen LogP contribution in [0.15, 0.2) is 30.3 Å². The summed E-state index contributed by atoms with van der Waals surface area (Å²) >= 11 is 0. The number of hydrogen-bond donors (Lipinski definition) is 2. The summed E-state index contributed by atoms with van der Waals surface area (Å²) in [4.78, 5) is 0. The van der Waals surface area contributed by atoms with Gasteiger partial charge in [-0.05, 0) is 31.7 Å². The Morgan fingerprint density at radius 1 is 1.19 bits per heavy atom. The quantitative estimate of drug-likeness (QED) is 0.695. The van der Waals surface area contributed by atoms with Gasteiger partial charge in [0.25, 0.3) is 0 Å². The van der Waals surface area contributed by atoms with Crippen LogP contribution in [0.25, 0.3) is 0 Å². The Hall–Kier alpha value is -0.900. The molecule has 0 amide bonds. The molecule has 0 aliphatic carbocycles. The highest BCUT2D eigenvalue weighted by Gasteiger charge is 2.32. The molecule has 0 saturated heterocycles. The molecule has 3 nitrogen and oxygen atoms in total. The van der Waals surface area contributed by atoms with Crippen molar-refractivity contribution in [2.24, 2.45) is 5.92 Å². The smallest absolute Gasteiger partial charge is 0.0907 e. The predicted octanol–water partition coefficient (Wildman–Crippen LogP) is 3.33. The lowest BCUT2D eigenvalue weighted by molar-refractivity contribution is 0.0154. The Morgan fingerprint density at radius 3 is 2.38 bits per heavy atom. The normalized spacial score (nSPS) is 15.9. The molecule has 0 fully saturated rings. The molecule has 1 aromatic rings. The molecule has 0 radical (unpaired) electrons. The van der Waals surface area contributed by atoms with Crippen molar-refractivity contribution in [1.82, 2.24) is 5.32 Å². The van der Waals surface area contributed by atoms with Gasteiger partial charge in [-0.3, -0.25) is 0 Å². The molecule has 2 atom stereocenters. The molecule has 0 heterocycles. The second-order valence-electron chi connectivity index (χ2n) is 6.31. The average Bonchev–Trinajstić information content (AvgIpc) is 2.47. The van der Waals surface area contributed by atoms with Crippen molar-refractivity contribution >= 4 is 0 Å². The summed E-state index contributed by atoms with van der Waals surface area (Å²) in [5.74, 6) is 0.557. The molecule has 21 heavy (non-hydrogen) atoms. The molecule has 2 N–H and O–H groups in total. The third-order valence-electron chi connectivity index (χ3n) is 3.69. The molecule has 1 rings (SSSR count). The zero-order valence-corrected chi connectivity index (χ0v) is 13.9. The highest BCUT2D eigenvalue weighted by molar-refractivity contribution is 5.25. The van der Waals surface area contributed by atoms with Crippen molar-refractivity contribution in [3.8, 4) is 0 Å². The molecule has 1 aromatic carbocycles. The number of rotatable bonds is 10. The zero-order valence-electron chi connectivity index (χ0n) is 13.9. The minimum atomic E-state index is -0.526. The SMILES string of the molecule is CCCC(C)COCC(CO)(NC(C)C)c1ccccc1. The van der Waals surface area contributed by atoms with Crippen molar-refractivity contribution in [1.29, 1.82) is 0 Å². The highest BCUT2D eigenvalue weighted by atomic mass is 16.5. The van der Waals surface area contributed by atoms with Gasteiger partial charge in [-0.15, -0.1) is 0 Å². The molecular formula is C18H31NO2. The maximum Gasteiger partial charge on any atom is 0.0907 e. The van der Waals surface area contributed by atoms with E-state index in [9.17, 15) is 5.11 Å². The first-order valence-corrected chi connectivity index (χ1v) is 8.06. The van der Waals surface area contributed by atoms with Crippen molar-refractivity contribution in [2.75, 3.05) is 19.8 Å². The van der Waals surface area contributed by atoms with E-state index in [0.717, 1.165) is 12.2 Å². The molecule has 0 bridgehead atoms. The van der Waals surface area contributed by atoms with Gasteiger partial charge < -0.3 is 15.2 Å².